The van der Waals surface area contributed by atoms with Crippen LogP contribution in [0.1, 0.15) is 22.3 Å². The number of hydrogen-bond acceptors (Lipinski definition) is 5. The fourth-order valence-corrected chi connectivity index (χ4v) is 4.73. The van der Waals surface area contributed by atoms with Gasteiger partial charge in [0.05, 0.1) is 16.6 Å². The Morgan fingerprint density at radius 1 is 1.03 bits per heavy atom. The minimum Gasteiger partial charge on any atom is -0.478 e. The minimum atomic E-state index is -2.90. The number of halogens is 2. The van der Waals surface area contributed by atoms with Crippen molar-refractivity contribution < 1.29 is 23.4 Å². The number of carboxylic acid groups (broad SMARTS) is 1. The van der Waals surface area contributed by atoms with E-state index < -0.39 is 12.6 Å². The molecule has 2 N–H and O–H groups in total. The average molecular weight is 486 g/mol. The van der Waals surface area contributed by atoms with E-state index in [-0.39, 0.29) is 11.3 Å². The molecule has 0 radical (unpaired) electrons. The summed E-state index contributed by atoms with van der Waals surface area (Å²) in [6.07, 6.45) is 3.35. The molecule has 7 nitrogen and oxygen atoms in total. The molecule has 5 aromatic rings. The van der Waals surface area contributed by atoms with Crippen LogP contribution in [0.25, 0.3) is 33.2 Å². The second-order valence-corrected chi connectivity index (χ2v) is 8.61. The van der Waals surface area contributed by atoms with Gasteiger partial charge in [-0.25, -0.2) is 14.8 Å². The molecule has 0 saturated heterocycles. The fourth-order valence-electron chi connectivity index (χ4n) is 4.73. The minimum absolute atomic E-state index is 0.111. The summed E-state index contributed by atoms with van der Waals surface area (Å²) in [4.78, 5) is 26.6. The quantitative estimate of drug-likeness (QED) is 0.309. The highest BCUT2D eigenvalue weighted by molar-refractivity contribution is 5.95. The zero-order valence-electron chi connectivity index (χ0n) is 18.9. The zero-order valence-corrected chi connectivity index (χ0v) is 18.9. The van der Waals surface area contributed by atoms with E-state index in [1.807, 2.05) is 35.4 Å². The fraction of sp³-hybridized carbons (Fsp3) is 0.148. The van der Waals surface area contributed by atoms with Gasteiger partial charge in [-0.2, -0.15) is 8.78 Å². The summed E-state index contributed by atoms with van der Waals surface area (Å²) in [6.45, 7) is -2.26. The Balaban J connectivity index is 1.55. The molecule has 3 heterocycles. The third-order valence-electron chi connectivity index (χ3n) is 6.37. The Morgan fingerprint density at radius 2 is 1.92 bits per heavy atom. The van der Waals surface area contributed by atoms with Crippen molar-refractivity contribution in [2.75, 3.05) is 11.4 Å². The zero-order chi connectivity index (χ0) is 24.8. The van der Waals surface area contributed by atoms with E-state index in [2.05, 4.69) is 9.72 Å². The number of ether oxygens (including phenoxy) is 1. The van der Waals surface area contributed by atoms with Crippen molar-refractivity contribution in [3.05, 3.63) is 78.0 Å². The van der Waals surface area contributed by atoms with Gasteiger partial charge in [-0.3, -0.25) is 0 Å². The van der Waals surface area contributed by atoms with E-state index in [1.54, 1.807) is 18.2 Å². The lowest BCUT2D eigenvalue weighted by atomic mass is 10.00. The first-order valence-electron chi connectivity index (χ1n) is 11.4. The van der Waals surface area contributed by atoms with Gasteiger partial charge in [-0.15, -0.1) is 0 Å². The molecular weight excluding hydrogens is 466 g/mol. The molecule has 9 heteroatoms. The van der Waals surface area contributed by atoms with Gasteiger partial charge in [0.25, 0.3) is 0 Å². The first kappa shape index (κ1) is 22.0. The van der Waals surface area contributed by atoms with Crippen molar-refractivity contribution in [1.29, 1.82) is 0 Å². The predicted molar refractivity (Wildman–Crippen MR) is 132 cm³/mol. The molecule has 6 rings (SSSR count). The number of fused-ring (bicyclic) bond motifs is 3. The summed E-state index contributed by atoms with van der Waals surface area (Å²) in [5, 5.41) is 10.5. The number of rotatable bonds is 5. The molecule has 1 aliphatic heterocycles. The number of aromatic nitrogens is 3. The van der Waals surface area contributed by atoms with E-state index in [4.69, 9.17) is 9.97 Å². The van der Waals surface area contributed by atoms with Crippen LogP contribution >= 0.6 is 0 Å². The van der Waals surface area contributed by atoms with Gasteiger partial charge < -0.3 is 19.7 Å². The molecular formula is C27H20F2N4O3. The Bertz CT molecular complexity index is 1630. The van der Waals surface area contributed by atoms with Gasteiger partial charge in [0.15, 0.2) is 5.82 Å². The van der Waals surface area contributed by atoms with Crippen LogP contribution in [0.15, 0.2) is 66.9 Å². The number of nitrogens with one attached hydrogen (secondary N) is 1. The second kappa shape index (κ2) is 8.60. The third kappa shape index (κ3) is 3.88. The molecule has 0 unspecified atom stereocenters. The number of anilines is 2. The van der Waals surface area contributed by atoms with E-state index in [0.29, 0.717) is 35.5 Å². The SMILES string of the molecule is O=C(O)c1ccc2nc(-c3ccc4[nH]ccc4c3)c(N3CCCc4cc(OC(F)F)ccc43)nc2c1. The lowest BCUT2D eigenvalue weighted by molar-refractivity contribution is -0.0498. The van der Waals surface area contributed by atoms with Crippen LogP contribution < -0.4 is 9.64 Å². The molecule has 0 amide bonds. The van der Waals surface area contributed by atoms with Crippen LogP contribution in [0.3, 0.4) is 0 Å². The summed E-state index contributed by atoms with van der Waals surface area (Å²) in [5.74, 6) is -0.361. The number of aromatic carboxylic acids is 1. The van der Waals surface area contributed by atoms with Gasteiger partial charge in [0.2, 0.25) is 0 Å². The normalized spacial score (nSPS) is 13.4. The first-order chi connectivity index (χ1) is 17.5. The number of aromatic amines is 1. The maximum absolute atomic E-state index is 12.8. The monoisotopic (exact) mass is 486 g/mol. The van der Waals surface area contributed by atoms with Gasteiger partial charge in [-0.1, -0.05) is 6.07 Å². The lowest BCUT2D eigenvalue weighted by Crippen LogP contribution is -2.26. The number of alkyl halides is 2. The summed E-state index contributed by atoms with van der Waals surface area (Å²) >= 11 is 0. The largest absolute Gasteiger partial charge is 0.478 e. The molecule has 0 bridgehead atoms. The van der Waals surface area contributed by atoms with Gasteiger partial charge >= 0.3 is 12.6 Å². The predicted octanol–water partition coefficient (Wildman–Crippen LogP) is 6.16. The van der Waals surface area contributed by atoms with E-state index in [1.165, 1.54) is 18.2 Å². The van der Waals surface area contributed by atoms with Crippen LogP contribution in [0.4, 0.5) is 20.3 Å². The highest BCUT2D eigenvalue weighted by Crippen LogP contribution is 2.40. The number of carboxylic acids is 1. The Kier molecular flexibility index (Phi) is 5.25. The molecule has 180 valence electrons. The summed E-state index contributed by atoms with van der Waals surface area (Å²) in [6, 6.07) is 17.5. The van der Waals surface area contributed by atoms with Crippen LogP contribution in [-0.4, -0.2) is 39.2 Å². The molecule has 0 aliphatic carbocycles. The second-order valence-electron chi connectivity index (χ2n) is 8.61. The van der Waals surface area contributed by atoms with Gasteiger partial charge in [0.1, 0.15) is 11.4 Å². The highest BCUT2D eigenvalue weighted by Gasteiger charge is 2.25. The molecule has 0 saturated carbocycles. The molecule has 3 aromatic carbocycles. The lowest BCUT2D eigenvalue weighted by Gasteiger charge is -2.32. The Morgan fingerprint density at radius 3 is 2.75 bits per heavy atom. The number of nitrogens with zero attached hydrogens (tertiary/aromatic N) is 3. The van der Waals surface area contributed by atoms with Gasteiger partial charge in [-0.05, 0) is 73.0 Å². The van der Waals surface area contributed by atoms with Crippen molar-refractivity contribution in [3.8, 4) is 17.0 Å². The van der Waals surface area contributed by atoms with Crippen LogP contribution in [0, 0.1) is 0 Å². The maximum Gasteiger partial charge on any atom is 0.387 e. The molecule has 0 spiro atoms. The summed E-state index contributed by atoms with van der Waals surface area (Å²) in [7, 11) is 0. The number of H-pyrrole nitrogens is 1. The molecule has 2 aromatic heterocycles. The molecule has 1 aliphatic rings. The van der Waals surface area contributed by atoms with Crippen molar-refractivity contribution in [3.63, 3.8) is 0 Å². The average Bonchev–Trinajstić information content (AvgIpc) is 3.34. The Labute approximate surface area is 204 Å². The maximum atomic E-state index is 12.8. The number of carbonyl (C=O) groups is 1. The standard InChI is InChI=1S/C27H20F2N4O3/c28-27(29)36-19-5-8-23-16(13-19)2-1-11-33(23)25-24(17-3-6-20-15(12-17)9-10-30-20)31-21-7-4-18(26(34)35)14-22(21)32-25/h3-10,12-14,27,30H,1-2,11H2,(H,34,35). The van der Waals surface area contributed by atoms with Gasteiger partial charge in [0, 0.05) is 34.9 Å². The van der Waals surface area contributed by atoms with Crippen molar-refractivity contribution in [2.24, 2.45) is 0 Å². The number of aryl methyl sites for hydroxylation is 1. The Hall–Kier alpha value is -4.53. The highest BCUT2D eigenvalue weighted by atomic mass is 19.3. The smallest absolute Gasteiger partial charge is 0.387 e. The molecule has 36 heavy (non-hydrogen) atoms. The van der Waals surface area contributed by atoms with Crippen molar-refractivity contribution >= 4 is 39.4 Å². The van der Waals surface area contributed by atoms with Crippen molar-refractivity contribution in [2.45, 2.75) is 19.5 Å². The van der Waals surface area contributed by atoms with Crippen LogP contribution in [-0.2, 0) is 6.42 Å². The summed E-state index contributed by atoms with van der Waals surface area (Å²) in [5.41, 5.74) is 5.36. The topological polar surface area (TPSA) is 91.3 Å². The number of benzene rings is 3. The molecule has 0 atom stereocenters. The van der Waals surface area contributed by atoms with E-state index in [0.717, 1.165) is 34.1 Å². The summed E-state index contributed by atoms with van der Waals surface area (Å²) < 4.78 is 30.1. The van der Waals surface area contributed by atoms with Crippen LogP contribution in [0.2, 0.25) is 0 Å². The number of hydrogen-bond donors (Lipinski definition) is 2. The van der Waals surface area contributed by atoms with E-state index in [9.17, 15) is 18.7 Å². The van der Waals surface area contributed by atoms with Crippen molar-refractivity contribution in [1.82, 2.24) is 15.0 Å². The van der Waals surface area contributed by atoms with E-state index >= 15 is 0 Å². The molecule has 0 fully saturated rings. The van der Waals surface area contributed by atoms with Crippen LogP contribution in [0.5, 0.6) is 5.75 Å². The third-order valence-corrected chi connectivity index (χ3v) is 6.37. The first-order valence-corrected chi connectivity index (χ1v) is 11.4.